The smallest absolute Gasteiger partial charge is 0.0293 e. The van der Waals surface area contributed by atoms with Gasteiger partial charge >= 0.3 is 0 Å². The number of hydrogen-bond acceptors (Lipinski definition) is 0. The fraction of sp³-hybridized carbons (Fsp3) is 0.750. The Labute approximate surface area is 53.6 Å². The first-order valence-electron chi connectivity index (χ1n) is 3.31. The van der Waals surface area contributed by atoms with E-state index in [1.54, 1.807) is 0 Å². The lowest BCUT2D eigenvalue weighted by Crippen LogP contribution is -1.71. The van der Waals surface area contributed by atoms with E-state index in [1.165, 1.54) is 6.42 Å². The van der Waals surface area contributed by atoms with E-state index < -0.39 is 0 Å². The summed E-state index contributed by atoms with van der Waals surface area (Å²) in [4.78, 5) is 0. The highest BCUT2D eigenvalue weighted by atomic mass is 13.8. The van der Waals surface area contributed by atoms with Crippen molar-refractivity contribution >= 4 is 0 Å². The van der Waals surface area contributed by atoms with Gasteiger partial charge in [0.25, 0.3) is 0 Å². The molecular weight excluding hydrogens is 96.1 g/mol. The molecule has 0 N–H and O–H groups in total. The Balaban J connectivity index is 0. The first-order chi connectivity index (χ1) is 3.68. The molecule has 0 fully saturated rings. The molecular formula is C8H18. The largest absolute Gasteiger partial charge is 0.103 e. The fourth-order valence-corrected chi connectivity index (χ4v) is 0. The zero-order chi connectivity index (χ0) is 6.99. The predicted octanol–water partition coefficient (Wildman–Crippen LogP) is 3.24. The number of allylic oxidation sites excluding steroid dienone is 1. The average molecular weight is 114 g/mol. The summed E-state index contributed by atoms with van der Waals surface area (Å²) in [6, 6.07) is 0. The van der Waals surface area contributed by atoms with Crippen LogP contribution >= 0.6 is 0 Å². The number of hydrogen-bond donors (Lipinski definition) is 0. The minimum atomic E-state index is 0.648. The Morgan fingerprint density at radius 3 is 1.50 bits per heavy atom. The average Bonchev–Trinajstić information content (AvgIpc) is 1.69. The third-order valence-corrected chi connectivity index (χ3v) is 0.471. The minimum absolute atomic E-state index is 0.648. The van der Waals surface area contributed by atoms with Crippen molar-refractivity contribution in [3.63, 3.8) is 0 Å². The van der Waals surface area contributed by atoms with Gasteiger partial charge < -0.3 is 0 Å². The van der Waals surface area contributed by atoms with Gasteiger partial charge in [-0.25, -0.2) is 0 Å². The molecule has 0 spiro atoms. The van der Waals surface area contributed by atoms with Gasteiger partial charge in [0, 0.05) is 0 Å². The second-order valence-corrected chi connectivity index (χ2v) is 2.19. The second-order valence-electron chi connectivity index (χ2n) is 2.19. The predicted molar refractivity (Wildman–Crippen MR) is 41.0 cm³/mol. The van der Waals surface area contributed by atoms with E-state index in [9.17, 15) is 0 Å². The van der Waals surface area contributed by atoms with E-state index in [1.807, 2.05) is 6.08 Å². The van der Waals surface area contributed by atoms with Crippen molar-refractivity contribution in [2.75, 3.05) is 0 Å². The summed E-state index contributed by atoms with van der Waals surface area (Å²) in [7, 11) is 0. The molecule has 0 rings (SSSR count). The highest BCUT2D eigenvalue weighted by molar-refractivity contribution is 4.69. The molecule has 0 bridgehead atoms. The molecule has 0 amide bonds. The van der Waals surface area contributed by atoms with Crippen LogP contribution in [0.15, 0.2) is 12.7 Å². The van der Waals surface area contributed by atoms with Crippen LogP contribution in [-0.4, -0.2) is 0 Å². The van der Waals surface area contributed by atoms with E-state index >= 15 is 0 Å². The maximum absolute atomic E-state index is 3.56. The summed E-state index contributed by atoms with van der Waals surface area (Å²) in [5.41, 5.74) is 0. The van der Waals surface area contributed by atoms with Crippen LogP contribution in [0.4, 0.5) is 0 Å². The van der Waals surface area contributed by atoms with Crippen LogP contribution in [0.5, 0.6) is 0 Å². The first kappa shape index (κ1) is 10.7. The van der Waals surface area contributed by atoms with Crippen LogP contribution < -0.4 is 0 Å². The maximum Gasteiger partial charge on any atom is -0.0293 e. The maximum atomic E-state index is 3.56. The van der Waals surface area contributed by atoms with Crippen LogP contribution in [0.1, 0.15) is 34.1 Å². The van der Waals surface area contributed by atoms with Crippen LogP contribution in [0.3, 0.4) is 0 Å². The molecule has 8 heavy (non-hydrogen) atoms. The van der Waals surface area contributed by atoms with Crippen molar-refractivity contribution in [3.05, 3.63) is 12.7 Å². The van der Waals surface area contributed by atoms with Gasteiger partial charge in [-0.1, -0.05) is 40.2 Å². The fourth-order valence-electron chi connectivity index (χ4n) is 0. The van der Waals surface area contributed by atoms with E-state index in [2.05, 4.69) is 34.3 Å². The molecule has 0 nitrogen and oxygen atoms in total. The van der Waals surface area contributed by atoms with Crippen molar-refractivity contribution in [2.24, 2.45) is 5.92 Å². The van der Waals surface area contributed by atoms with Gasteiger partial charge in [-0.2, -0.15) is 0 Å². The van der Waals surface area contributed by atoms with Gasteiger partial charge in [0.05, 0.1) is 0 Å². The summed E-state index contributed by atoms with van der Waals surface area (Å²) < 4.78 is 0. The Hall–Kier alpha value is -0.260. The lowest BCUT2D eigenvalue weighted by molar-refractivity contribution is 0.835. The van der Waals surface area contributed by atoms with Gasteiger partial charge in [0.2, 0.25) is 0 Å². The third-order valence-electron chi connectivity index (χ3n) is 0.471. The Kier molecular flexibility index (Phi) is 13.2. The van der Waals surface area contributed by atoms with Crippen LogP contribution in [0.2, 0.25) is 0 Å². The topological polar surface area (TPSA) is 0 Å². The van der Waals surface area contributed by atoms with Crippen molar-refractivity contribution in [1.29, 1.82) is 0 Å². The lowest BCUT2D eigenvalue weighted by Gasteiger charge is -1.84. The quantitative estimate of drug-likeness (QED) is 0.459. The van der Waals surface area contributed by atoms with Gasteiger partial charge in [-0.3, -0.25) is 0 Å². The Bertz CT molecular complexity index is 35.3. The molecule has 0 aliphatic carbocycles. The van der Waals surface area contributed by atoms with Gasteiger partial charge in [0.1, 0.15) is 0 Å². The highest BCUT2D eigenvalue weighted by Gasteiger charge is 1.73. The minimum Gasteiger partial charge on any atom is -0.103 e. The van der Waals surface area contributed by atoms with Crippen molar-refractivity contribution in [2.45, 2.75) is 34.1 Å². The molecule has 0 heteroatoms. The molecule has 0 aliphatic heterocycles. The molecule has 0 aromatic heterocycles. The zero-order valence-corrected chi connectivity index (χ0v) is 6.57. The van der Waals surface area contributed by atoms with Crippen molar-refractivity contribution in [3.8, 4) is 0 Å². The molecule has 50 valence electrons. The zero-order valence-electron chi connectivity index (χ0n) is 6.57. The van der Waals surface area contributed by atoms with Crippen LogP contribution in [0, 0.1) is 5.92 Å². The molecule has 0 aromatic carbocycles. The van der Waals surface area contributed by atoms with Crippen molar-refractivity contribution < 1.29 is 0 Å². The van der Waals surface area contributed by atoms with Gasteiger partial charge in [-0.15, -0.1) is 6.58 Å². The normalized spacial score (nSPS) is 7.62. The van der Waals surface area contributed by atoms with Crippen molar-refractivity contribution in [1.82, 2.24) is 0 Å². The molecule has 0 aliphatic rings. The SMILES string of the molecule is C=CC(C)C.CCC. The second kappa shape index (κ2) is 9.88. The Morgan fingerprint density at radius 2 is 1.50 bits per heavy atom. The summed E-state index contributed by atoms with van der Waals surface area (Å²) >= 11 is 0. The molecule has 0 radical (unpaired) electrons. The lowest BCUT2D eigenvalue weighted by atomic mass is 10.2. The van der Waals surface area contributed by atoms with E-state index in [0.29, 0.717) is 5.92 Å². The molecule has 0 aromatic rings. The number of rotatable bonds is 1. The molecule has 0 saturated heterocycles. The third kappa shape index (κ3) is 42.6. The first-order valence-corrected chi connectivity index (χ1v) is 3.31. The summed E-state index contributed by atoms with van der Waals surface area (Å²) in [5.74, 6) is 0.648. The van der Waals surface area contributed by atoms with Gasteiger partial charge in [-0.05, 0) is 5.92 Å². The molecule has 0 saturated carbocycles. The summed E-state index contributed by atoms with van der Waals surface area (Å²) in [6.07, 6.45) is 3.17. The van der Waals surface area contributed by atoms with E-state index in [0.717, 1.165) is 0 Å². The van der Waals surface area contributed by atoms with Crippen LogP contribution in [-0.2, 0) is 0 Å². The summed E-state index contributed by atoms with van der Waals surface area (Å²) in [6.45, 7) is 12.0. The highest BCUT2D eigenvalue weighted by Crippen LogP contribution is 1.87. The monoisotopic (exact) mass is 114 g/mol. The summed E-state index contributed by atoms with van der Waals surface area (Å²) in [5, 5.41) is 0. The van der Waals surface area contributed by atoms with E-state index in [4.69, 9.17) is 0 Å². The van der Waals surface area contributed by atoms with E-state index in [-0.39, 0.29) is 0 Å². The molecule has 0 heterocycles. The standard InChI is InChI=1S/C5H10.C3H8/c1-4-5(2)3;1-3-2/h4-5H,1H2,2-3H3;3H2,1-2H3. The van der Waals surface area contributed by atoms with Crippen LogP contribution in [0.25, 0.3) is 0 Å². The molecule has 0 unspecified atom stereocenters. The molecule has 0 atom stereocenters. The Morgan fingerprint density at radius 1 is 1.38 bits per heavy atom. The van der Waals surface area contributed by atoms with Gasteiger partial charge in [0.15, 0.2) is 0 Å².